The van der Waals surface area contributed by atoms with E-state index in [9.17, 15) is 13.2 Å². The third-order valence-corrected chi connectivity index (χ3v) is 6.96. The summed E-state index contributed by atoms with van der Waals surface area (Å²) in [7, 11) is -3.24. The zero-order chi connectivity index (χ0) is 21.6. The molecule has 2 aliphatic heterocycles. The van der Waals surface area contributed by atoms with Crippen molar-refractivity contribution in [1.82, 2.24) is 24.2 Å². The Kier molecular flexibility index (Phi) is 5.41. The Bertz CT molecular complexity index is 1070. The normalized spacial score (nSPS) is 22.7. The SMILES string of the molecule is Cc1c(C(=O)N2C[C@H](C)O[C@@H](C)C2)nnn1-c1cccc2c1CCN(S(C)(=O)=O)C2. The molecule has 1 amide bonds. The summed E-state index contributed by atoms with van der Waals surface area (Å²) in [6.45, 7) is 7.56. The molecule has 0 spiro atoms. The smallest absolute Gasteiger partial charge is 0.276 e. The van der Waals surface area contributed by atoms with Crippen molar-refractivity contribution in [1.29, 1.82) is 0 Å². The first-order chi connectivity index (χ1) is 14.1. The molecule has 2 aliphatic rings. The van der Waals surface area contributed by atoms with Crippen LogP contribution < -0.4 is 0 Å². The number of hydrogen-bond acceptors (Lipinski definition) is 6. The lowest BCUT2D eigenvalue weighted by atomic mass is 9.99. The summed E-state index contributed by atoms with van der Waals surface area (Å²) < 4.78 is 32.7. The number of morpholine rings is 1. The molecule has 2 aromatic rings. The van der Waals surface area contributed by atoms with Gasteiger partial charge in [0.2, 0.25) is 10.0 Å². The van der Waals surface area contributed by atoms with Gasteiger partial charge >= 0.3 is 0 Å². The number of carbonyl (C=O) groups is 1. The number of amides is 1. The maximum atomic E-state index is 13.1. The molecule has 1 aromatic carbocycles. The van der Waals surface area contributed by atoms with E-state index in [4.69, 9.17) is 4.74 Å². The first-order valence-corrected chi connectivity index (χ1v) is 11.9. The summed E-state index contributed by atoms with van der Waals surface area (Å²) in [6, 6.07) is 5.75. The molecule has 2 atom stereocenters. The average molecular weight is 434 g/mol. The van der Waals surface area contributed by atoms with Crippen molar-refractivity contribution < 1.29 is 17.9 Å². The van der Waals surface area contributed by atoms with E-state index >= 15 is 0 Å². The highest BCUT2D eigenvalue weighted by molar-refractivity contribution is 7.88. The van der Waals surface area contributed by atoms with Gasteiger partial charge in [0.25, 0.3) is 5.91 Å². The maximum absolute atomic E-state index is 13.1. The number of benzene rings is 1. The molecule has 10 heteroatoms. The van der Waals surface area contributed by atoms with Crippen molar-refractivity contribution in [2.45, 2.75) is 45.9 Å². The first-order valence-electron chi connectivity index (χ1n) is 10.1. The Balaban J connectivity index is 1.65. The highest BCUT2D eigenvalue weighted by Crippen LogP contribution is 2.27. The van der Waals surface area contributed by atoms with Crippen molar-refractivity contribution in [3.8, 4) is 5.69 Å². The van der Waals surface area contributed by atoms with Crippen molar-refractivity contribution >= 4 is 15.9 Å². The van der Waals surface area contributed by atoms with Gasteiger partial charge in [0, 0.05) is 26.2 Å². The molecule has 9 nitrogen and oxygen atoms in total. The molecule has 0 unspecified atom stereocenters. The topological polar surface area (TPSA) is 97.6 Å². The van der Waals surface area contributed by atoms with Gasteiger partial charge in [-0.1, -0.05) is 17.3 Å². The second-order valence-electron chi connectivity index (χ2n) is 8.16. The monoisotopic (exact) mass is 433 g/mol. The highest BCUT2D eigenvalue weighted by atomic mass is 32.2. The van der Waals surface area contributed by atoms with Crippen LogP contribution in [-0.4, -0.2) is 76.6 Å². The Hall–Kier alpha value is -2.30. The van der Waals surface area contributed by atoms with Crippen molar-refractivity contribution in [2.24, 2.45) is 0 Å². The van der Waals surface area contributed by atoms with Crippen LogP contribution >= 0.6 is 0 Å². The van der Waals surface area contributed by atoms with E-state index in [-0.39, 0.29) is 18.1 Å². The molecule has 3 heterocycles. The van der Waals surface area contributed by atoms with E-state index in [1.165, 1.54) is 10.6 Å². The van der Waals surface area contributed by atoms with Crippen LogP contribution in [0.15, 0.2) is 18.2 Å². The average Bonchev–Trinajstić information content (AvgIpc) is 3.06. The second kappa shape index (κ2) is 7.75. The Morgan fingerprint density at radius 3 is 2.57 bits per heavy atom. The number of nitrogens with zero attached hydrogens (tertiary/aromatic N) is 5. The summed E-state index contributed by atoms with van der Waals surface area (Å²) >= 11 is 0. The minimum Gasteiger partial charge on any atom is -0.372 e. The Morgan fingerprint density at radius 1 is 1.20 bits per heavy atom. The molecule has 162 valence electrons. The van der Waals surface area contributed by atoms with E-state index in [0.717, 1.165) is 16.8 Å². The van der Waals surface area contributed by atoms with E-state index in [0.29, 0.717) is 44.0 Å². The van der Waals surface area contributed by atoms with Gasteiger partial charge in [-0.15, -0.1) is 5.10 Å². The molecule has 0 saturated carbocycles. The fourth-order valence-corrected chi connectivity index (χ4v) is 5.09. The standard InChI is InChI=1S/C20H27N5O4S/c1-13-10-23(11-14(2)29-13)20(26)19-15(3)25(22-21-19)18-7-5-6-16-12-24(30(4,27)28)9-8-17(16)18/h5-7,13-14H,8-12H2,1-4H3/t13-,14-/m0/s1. The van der Waals surface area contributed by atoms with Gasteiger partial charge in [-0.25, -0.2) is 13.1 Å². The summed E-state index contributed by atoms with van der Waals surface area (Å²) in [5.41, 5.74) is 3.84. The highest BCUT2D eigenvalue weighted by Gasteiger charge is 2.31. The van der Waals surface area contributed by atoms with Gasteiger partial charge in [-0.05, 0) is 44.4 Å². The van der Waals surface area contributed by atoms with E-state index < -0.39 is 10.0 Å². The quantitative estimate of drug-likeness (QED) is 0.720. The van der Waals surface area contributed by atoms with Gasteiger partial charge in [0.1, 0.15) is 0 Å². The predicted molar refractivity (Wildman–Crippen MR) is 111 cm³/mol. The largest absolute Gasteiger partial charge is 0.372 e. The lowest BCUT2D eigenvalue weighted by Crippen LogP contribution is -2.48. The molecular formula is C20H27N5O4S. The molecule has 1 aromatic heterocycles. The summed E-state index contributed by atoms with van der Waals surface area (Å²) in [4.78, 5) is 14.8. The minimum absolute atomic E-state index is 0.0213. The van der Waals surface area contributed by atoms with Crippen molar-refractivity contribution in [2.75, 3.05) is 25.9 Å². The number of rotatable bonds is 3. The number of hydrogen-bond donors (Lipinski definition) is 0. The van der Waals surface area contributed by atoms with Gasteiger partial charge in [0.05, 0.1) is 29.8 Å². The molecule has 1 fully saturated rings. The van der Waals surface area contributed by atoms with Crippen LogP contribution in [0.3, 0.4) is 0 Å². The lowest BCUT2D eigenvalue weighted by Gasteiger charge is -2.34. The zero-order valence-corrected chi connectivity index (χ0v) is 18.5. The lowest BCUT2D eigenvalue weighted by molar-refractivity contribution is -0.0587. The number of aromatic nitrogens is 3. The predicted octanol–water partition coefficient (Wildman–Crippen LogP) is 1.14. The van der Waals surface area contributed by atoms with Gasteiger partial charge in [0.15, 0.2) is 5.69 Å². The molecule has 0 N–H and O–H groups in total. The number of carbonyl (C=O) groups excluding carboxylic acids is 1. The zero-order valence-electron chi connectivity index (χ0n) is 17.7. The Morgan fingerprint density at radius 2 is 1.90 bits per heavy atom. The van der Waals surface area contributed by atoms with Crippen LogP contribution in [0, 0.1) is 6.92 Å². The number of fused-ring (bicyclic) bond motifs is 1. The van der Waals surface area contributed by atoms with Crippen molar-refractivity contribution in [3.05, 3.63) is 40.7 Å². The summed E-state index contributed by atoms with van der Waals surface area (Å²) in [5, 5.41) is 8.47. The fraction of sp³-hybridized carbons (Fsp3) is 0.550. The maximum Gasteiger partial charge on any atom is 0.276 e. The molecule has 1 saturated heterocycles. The van der Waals surface area contributed by atoms with Crippen molar-refractivity contribution in [3.63, 3.8) is 0 Å². The first kappa shape index (κ1) is 21.0. The third kappa shape index (κ3) is 3.86. The minimum atomic E-state index is -3.24. The van der Waals surface area contributed by atoms with E-state index in [1.807, 2.05) is 39.0 Å². The van der Waals surface area contributed by atoms with E-state index in [2.05, 4.69) is 10.3 Å². The van der Waals surface area contributed by atoms with Crippen LogP contribution in [-0.2, 0) is 27.7 Å². The van der Waals surface area contributed by atoms with Crippen LogP contribution in [0.4, 0.5) is 0 Å². The number of ether oxygens (including phenoxy) is 1. The second-order valence-corrected chi connectivity index (χ2v) is 10.1. The van der Waals surface area contributed by atoms with Crippen LogP contribution in [0.25, 0.3) is 5.69 Å². The summed E-state index contributed by atoms with van der Waals surface area (Å²) in [6.07, 6.45) is 1.77. The molecule has 30 heavy (non-hydrogen) atoms. The van der Waals surface area contributed by atoms with E-state index in [1.54, 1.807) is 9.58 Å². The fourth-order valence-electron chi connectivity index (χ4n) is 4.29. The molecule has 4 rings (SSSR count). The van der Waals surface area contributed by atoms with Gasteiger partial charge < -0.3 is 9.64 Å². The molecule has 0 radical (unpaired) electrons. The molecule has 0 aliphatic carbocycles. The van der Waals surface area contributed by atoms with Crippen LogP contribution in [0.5, 0.6) is 0 Å². The molecular weight excluding hydrogens is 406 g/mol. The van der Waals surface area contributed by atoms with Gasteiger partial charge in [-0.2, -0.15) is 4.31 Å². The third-order valence-electron chi connectivity index (χ3n) is 5.71. The number of sulfonamides is 1. The van der Waals surface area contributed by atoms with Crippen LogP contribution in [0.1, 0.15) is 41.2 Å². The van der Waals surface area contributed by atoms with Crippen LogP contribution in [0.2, 0.25) is 0 Å². The molecule has 0 bridgehead atoms. The summed E-state index contributed by atoms with van der Waals surface area (Å²) in [5.74, 6) is -0.145. The Labute approximate surface area is 176 Å². The van der Waals surface area contributed by atoms with Gasteiger partial charge in [-0.3, -0.25) is 4.79 Å².